The van der Waals surface area contributed by atoms with Gasteiger partial charge in [-0.3, -0.25) is 4.79 Å². The van der Waals surface area contributed by atoms with Crippen molar-refractivity contribution in [2.45, 2.75) is 36.8 Å². The highest BCUT2D eigenvalue weighted by Crippen LogP contribution is 2.25. The second-order valence-electron chi connectivity index (χ2n) is 7.59. The third-order valence-corrected chi connectivity index (χ3v) is 7.88. The summed E-state index contributed by atoms with van der Waals surface area (Å²) in [5.74, 6) is 1.71. The van der Waals surface area contributed by atoms with Gasteiger partial charge >= 0.3 is 0 Å². The molecule has 8 heteroatoms. The SMILES string of the molecule is COc1ccc(S(=O)(=O)NCCSCc2ccccc2C)cc1C(=O)N1CCCCC1. The van der Waals surface area contributed by atoms with Crippen molar-refractivity contribution in [1.29, 1.82) is 0 Å². The fraction of sp³-hybridized carbons (Fsp3) is 0.435. The molecule has 1 amide bonds. The molecule has 0 aromatic heterocycles. The number of rotatable bonds is 9. The Labute approximate surface area is 189 Å². The number of thioether (sulfide) groups is 1. The maximum Gasteiger partial charge on any atom is 0.257 e. The van der Waals surface area contributed by atoms with Gasteiger partial charge in [0, 0.05) is 31.1 Å². The largest absolute Gasteiger partial charge is 0.496 e. The van der Waals surface area contributed by atoms with Crippen LogP contribution in [0.2, 0.25) is 0 Å². The first-order valence-electron chi connectivity index (χ1n) is 10.5. The number of piperidine rings is 1. The van der Waals surface area contributed by atoms with E-state index >= 15 is 0 Å². The molecule has 1 fully saturated rings. The highest BCUT2D eigenvalue weighted by Gasteiger charge is 2.24. The van der Waals surface area contributed by atoms with Gasteiger partial charge in [0.25, 0.3) is 5.91 Å². The predicted molar refractivity (Wildman–Crippen MR) is 125 cm³/mol. The molecule has 0 spiro atoms. The van der Waals surface area contributed by atoms with Crippen LogP contribution in [0.5, 0.6) is 5.75 Å². The molecule has 6 nitrogen and oxygen atoms in total. The summed E-state index contributed by atoms with van der Waals surface area (Å²) in [7, 11) is -2.23. The van der Waals surface area contributed by atoms with Gasteiger partial charge in [-0.05, 0) is 55.5 Å². The Morgan fingerprint density at radius 1 is 1.13 bits per heavy atom. The molecule has 1 aliphatic rings. The predicted octanol–water partition coefficient (Wildman–Crippen LogP) is 3.84. The van der Waals surface area contributed by atoms with Crippen LogP contribution in [-0.4, -0.2) is 51.7 Å². The summed E-state index contributed by atoms with van der Waals surface area (Å²) in [6, 6.07) is 12.6. The van der Waals surface area contributed by atoms with Crippen molar-refractivity contribution >= 4 is 27.7 Å². The summed E-state index contributed by atoms with van der Waals surface area (Å²) < 4.78 is 33.5. The number of sulfonamides is 1. The summed E-state index contributed by atoms with van der Waals surface area (Å²) >= 11 is 1.68. The maximum atomic E-state index is 12.9. The molecule has 0 saturated carbocycles. The third-order valence-electron chi connectivity index (χ3n) is 5.41. The third kappa shape index (κ3) is 6.24. The first-order chi connectivity index (χ1) is 14.9. The monoisotopic (exact) mass is 462 g/mol. The Kier molecular flexibility index (Phi) is 8.40. The van der Waals surface area contributed by atoms with Crippen molar-refractivity contribution in [2.24, 2.45) is 0 Å². The van der Waals surface area contributed by atoms with E-state index in [4.69, 9.17) is 4.74 Å². The quantitative estimate of drug-likeness (QED) is 0.573. The Morgan fingerprint density at radius 3 is 2.58 bits per heavy atom. The number of nitrogens with one attached hydrogen (secondary N) is 1. The average Bonchev–Trinajstić information content (AvgIpc) is 2.79. The smallest absolute Gasteiger partial charge is 0.257 e. The number of benzene rings is 2. The van der Waals surface area contributed by atoms with Crippen LogP contribution in [0.15, 0.2) is 47.4 Å². The Morgan fingerprint density at radius 2 is 1.87 bits per heavy atom. The molecule has 0 bridgehead atoms. The van der Waals surface area contributed by atoms with Crippen molar-refractivity contribution in [3.63, 3.8) is 0 Å². The Hall–Kier alpha value is -2.03. The molecule has 1 saturated heterocycles. The lowest BCUT2D eigenvalue weighted by Gasteiger charge is -2.27. The number of methoxy groups -OCH3 is 1. The van der Waals surface area contributed by atoms with E-state index in [1.165, 1.54) is 30.4 Å². The standard InChI is InChI=1S/C23H30N2O4S2/c1-18-8-4-5-9-19(18)17-30-15-12-24-31(27,28)20-10-11-22(29-2)21(16-20)23(26)25-13-6-3-7-14-25/h4-5,8-11,16,24H,3,6-7,12-15,17H2,1-2H3. The van der Waals surface area contributed by atoms with Crippen molar-refractivity contribution in [1.82, 2.24) is 9.62 Å². The number of nitrogens with zero attached hydrogens (tertiary/aromatic N) is 1. The van der Waals surface area contributed by atoms with Gasteiger partial charge in [-0.2, -0.15) is 11.8 Å². The number of amides is 1. The minimum absolute atomic E-state index is 0.0811. The lowest BCUT2D eigenvalue weighted by molar-refractivity contribution is 0.0720. The zero-order valence-corrected chi connectivity index (χ0v) is 19.7. The van der Waals surface area contributed by atoms with Gasteiger partial charge in [0.2, 0.25) is 10.0 Å². The number of aryl methyl sites for hydroxylation is 1. The molecule has 31 heavy (non-hydrogen) atoms. The first kappa shape index (κ1) is 23.6. The lowest BCUT2D eigenvalue weighted by atomic mass is 10.1. The minimum atomic E-state index is -3.71. The van der Waals surface area contributed by atoms with Crippen LogP contribution in [0, 0.1) is 6.92 Å². The second kappa shape index (κ2) is 11.0. The topological polar surface area (TPSA) is 75.7 Å². The van der Waals surface area contributed by atoms with Crippen LogP contribution in [0.1, 0.15) is 40.7 Å². The molecule has 1 heterocycles. The molecule has 3 rings (SSSR count). The molecular weight excluding hydrogens is 432 g/mol. The second-order valence-corrected chi connectivity index (χ2v) is 10.5. The number of carbonyl (C=O) groups is 1. The Balaban J connectivity index is 1.62. The molecule has 0 radical (unpaired) electrons. The van der Waals surface area contributed by atoms with E-state index in [1.54, 1.807) is 22.7 Å². The van der Waals surface area contributed by atoms with E-state index in [-0.39, 0.29) is 10.8 Å². The summed E-state index contributed by atoms with van der Waals surface area (Å²) in [4.78, 5) is 14.8. The van der Waals surface area contributed by atoms with E-state index in [0.717, 1.165) is 25.0 Å². The van der Waals surface area contributed by atoms with Crippen molar-refractivity contribution in [2.75, 3.05) is 32.5 Å². The van der Waals surface area contributed by atoms with Gasteiger partial charge in [0.15, 0.2) is 0 Å². The van der Waals surface area contributed by atoms with Crippen LogP contribution in [0.4, 0.5) is 0 Å². The van der Waals surface area contributed by atoms with Crippen LogP contribution in [0.3, 0.4) is 0 Å². The zero-order chi connectivity index (χ0) is 22.3. The highest BCUT2D eigenvalue weighted by atomic mass is 32.2. The molecule has 1 aliphatic heterocycles. The van der Waals surface area contributed by atoms with Crippen molar-refractivity contribution < 1.29 is 17.9 Å². The van der Waals surface area contributed by atoms with E-state index in [0.29, 0.717) is 36.7 Å². The summed E-state index contributed by atoms with van der Waals surface area (Å²) in [6.45, 7) is 3.77. The van der Waals surface area contributed by atoms with Gasteiger partial charge in [-0.15, -0.1) is 0 Å². The molecule has 0 aliphatic carbocycles. The number of hydrogen-bond acceptors (Lipinski definition) is 5. The van der Waals surface area contributed by atoms with E-state index in [9.17, 15) is 13.2 Å². The van der Waals surface area contributed by atoms with Crippen LogP contribution >= 0.6 is 11.8 Å². The van der Waals surface area contributed by atoms with Crippen LogP contribution < -0.4 is 9.46 Å². The fourth-order valence-corrected chi connectivity index (χ4v) is 5.70. The van der Waals surface area contributed by atoms with Crippen molar-refractivity contribution in [3.05, 3.63) is 59.2 Å². The molecular formula is C23H30N2O4S2. The fourth-order valence-electron chi connectivity index (χ4n) is 3.57. The Bertz CT molecular complexity index is 1000. The van der Waals surface area contributed by atoms with Gasteiger partial charge in [0.05, 0.1) is 17.6 Å². The summed E-state index contributed by atoms with van der Waals surface area (Å²) in [5, 5.41) is 0. The summed E-state index contributed by atoms with van der Waals surface area (Å²) in [5.41, 5.74) is 2.78. The average molecular weight is 463 g/mol. The van der Waals surface area contributed by atoms with E-state index in [1.807, 2.05) is 12.1 Å². The maximum absolute atomic E-state index is 12.9. The molecule has 1 N–H and O–H groups in total. The molecule has 2 aromatic carbocycles. The number of ether oxygens (including phenoxy) is 1. The van der Waals surface area contributed by atoms with Gasteiger partial charge in [-0.1, -0.05) is 24.3 Å². The number of hydrogen-bond donors (Lipinski definition) is 1. The van der Waals surface area contributed by atoms with Crippen LogP contribution in [0.25, 0.3) is 0 Å². The molecule has 2 aromatic rings. The van der Waals surface area contributed by atoms with Gasteiger partial charge in [0.1, 0.15) is 5.75 Å². The summed E-state index contributed by atoms with van der Waals surface area (Å²) in [6.07, 6.45) is 3.04. The van der Waals surface area contributed by atoms with Gasteiger partial charge < -0.3 is 9.64 Å². The highest BCUT2D eigenvalue weighted by molar-refractivity contribution is 7.98. The zero-order valence-electron chi connectivity index (χ0n) is 18.1. The van der Waals surface area contributed by atoms with Crippen molar-refractivity contribution in [3.8, 4) is 5.75 Å². The molecule has 0 atom stereocenters. The van der Waals surface area contributed by atoms with Crippen LogP contribution in [-0.2, 0) is 15.8 Å². The first-order valence-corrected chi connectivity index (χ1v) is 13.2. The minimum Gasteiger partial charge on any atom is -0.496 e. The molecule has 0 unspecified atom stereocenters. The number of carbonyl (C=O) groups excluding carboxylic acids is 1. The van der Waals surface area contributed by atoms with E-state index in [2.05, 4.69) is 23.8 Å². The molecule has 168 valence electrons. The van der Waals surface area contributed by atoms with Gasteiger partial charge in [-0.25, -0.2) is 13.1 Å². The van der Waals surface area contributed by atoms with E-state index < -0.39 is 10.0 Å². The normalized spacial score (nSPS) is 14.5. The number of likely N-dealkylation sites (tertiary alicyclic amines) is 1. The lowest BCUT2D eigenvalue weighted by Crippen LogP contribution is -2.36.